The maximum absolute atomic E-state index is 11.8. The van der Waals surface area contributed by atoms with Crippen molar-refractivity contribution in [3.8, 4) is 0 Å². The molecule has 2 heterocycles. The van der Waals surface area contributed by atoms with E-state index >= 15 is 0 Å². The molecule has 0 unspecified atom stereocenters. The minimum Gasteiger partial charge on any atom is -0.368 e. The number of fused-ring (bicyclic) bond motifs is 1. The molecule has 0 bridgehead atoms. The van der Waals surface area contributed by atoms with Crippen LogP contribution in [0.15, 0.2) is 24.4 Å². The predicted octanol–water partition coefficient (Wildman–Crippen LogP) is 2.31. The van der Waals surface area contributed by atoms with Crippen LogP contribution in [0.2, 0.25) is 0 Å². The van der Waals surface area contributed by atoms with Crippen LogP contribution in [0.1, 0.15) is 24.0 Å². The van der Waals surface area contributed by atoms with E-state index in [0.717, 1.165) is 24.8 Å². The predicted molar refractivity (Wildman–Crippen MR) is 78.7 cm³/mol. The van der Waals surface area contributed by atoms with Gasteiger partial charge in [0.2, 0.25) is 5.91 Å². The number of hydrogen-bond donors (Lipinski definition) is 2. The summed E-state index contributed by atoms with van der Waals surface area (Å²) >= 11 is 0. The Bertz CT molecular complexity index is 612. The van der Waals surface area contributed by atoms with E-state index in [9.17, 15) is 4.79 Å². The number of nitrogens with one attached hydrogen (secondary N) is 2. The molecule has 1 aliphatic heterocycles. The van der Waals surface area contributed by atoms with Crippen LogP contribution < -0.4 is 5.32 Å². The van der Waals surface area contributed by atoms with Gasteiger partial charge in [-0.2, -0.15) is 0 Å². The van der Waals surface area contributed by atoms with Gasteiger partial charge in [-0.15, -0.1) is 0 Å². The fourth-order valence-corrected chi connectivity index (χ4v) is 2.73. The van der Waals surface area contributed by atoms with Crippen molar-refractivity contribution in [2.24, 2.45) is 0 Å². The average Bonchev–Trinajstić information content (AvgIpc) is 3.08. The normalized spacial score (nSPS) is 18.6. The number of hydrogen-bond acceptors (Lipinski definition) is 2. The number of benzene rings is 1. The lowest BCUT2D eigenvalue weighted by atomic mass is 10.1. The van der Waals surface area contributed by atoms with Crippen molar-refractivity contribution in [3.63, 3.8) is 0 Å². The SMILES string of the molecule is Cc1ccc2c(CCNC(=O)[C@@H]3CCCO3)c[nH]c2c1. The highest BCUT2D eigenvalue weighted by Crippen LogP contribution is 2.19. The molecule has 1 aromatic heterocycles. The van der Waals surface area contributed by atoms with Crippen LogP contribution in [-0.4, -0.2) is 30.1 Å². The van der Waals surface area contributed by atoms with Gasteiger partial charge in [0, 0.05) is 30.3 Å². The lowest BCUT2D eigenvalue weighted by molar-refractivity contribution is -0.129. The zero-order chi connectivity index (χ0) is 13.9. The second-order valence-electron chi connectivity index (χ2n) is 5.41. The number of carbonyl (C=O) groups excluding carboxylic acids is 1. The fraction of sp³-hybridized carbons (Fsp3) is 0.438. The van der Waals surface area contributed by atoms with E-state index in [1.54, 1.807) is 0 Å². The summed E-state index contributed by atoms with van der Waals surface area (Å²) in [6.07, 6.45) is 4.46. The number of aromatic amines is 1. The van der Waals surface area contributed by atoms with Crippen molar-refractivity contribution in [2.45, 2.75) is 32.3 Å². The molecule has 3 rings (SSSR count). The molecule has 0 radical (unpaired) electrons. The second-order valence-corrected chi connectivity index (χ2v) is 5.41. The van der Waals surface area contributed by atoms with Crippen LogP contribution in [0.3, 0.4) is 0 Å². The van der Waals surface area contributed by atoms with Gasteiger partial charge in [-0.05, 0) is 43.4 Å². The Morgan fingerprint density at radius 1 is 1.50 bits per heavy atom. The quantitative estimate of drug-likeness (QED) is 0.897. The van der Waals surface area contributed by atoms with Crippen molar-refractivity contribution in [1.82, 2.24) is 10.3 Å². The second kappa shape index (κ2) is 5.67. The standard InChI is InChI=1S/C16H20N2O2/c1-11-4-5-13-12(10-18-14(13)9-11)6-7-17-16(19)15-3-2-8-20-15/h4-5,9-10,15,18H,2-3,6-8H2,1H3,(H,17,19)/t15-/m0/s1. The zero-order valence-corrected chi connectivity index (χ0v) is 11.7. The minimum atomic E-state index is -0.236. The molecule has 20 heavy (non-hydrogen) atoms. The first-order chi connectivity index (χ1) is 9.74. The van der Waals surface area contributed by atoms with Crippen LogP contribution in [-0.2, 0) is 16.0 Å². The van der Waals surface area contributed by atoms with E-state index < -0.39 is 0 Å². The van der Waals surface area contributed by atoms with Crippen LogP contribution in [0.5, 0.6) is 0 Å². The zero-order valence-electron chi connectivity index (χ0n) is 11.7. The van der Waals surface area contributed by atoms with Gasteiger partial charge in [0.05, 0.1) is 0 Å². The molecule has 0 aliphatic carbocycles. The lowest BCUT2D eigenvalue weighted by Crippen LogP contribution is -2.35. The number of aromatic nitrogens is 1. The highest BCUT2D eigenvalue weighted by Gasteiger charge is 2.22. The summed E-state index contributed by atoms with van der Waals surface area (Å²) in [6, 6.07) is 6.40. The van der Waals surface area contributed by atoms with E-state index in [4.69, 9.17) is 4.74 Å². The van der Waals surface area contributed by atoms with E-state index in [0.29, 0.717) is 13.2 Å². The first-order valence-corrected chi connectivity index (χ1v) is 7.20. The molecule has 0 spiro atoms. The summed E-state index contributed by atoms with van der Waals surface area (Å²) in [5.41, 5.74) is 3.65. The van der Waals surface area contributed by atoms with Gasteiger partial charge in [-0.3, -0.25) is 4.79 Å². The third-order valence-electron chi connectivity index (χ3n) is 3.84. The number of carbonyl (C=O) groups is 1. The van der Waals surface area contributed by atoms with Crippen molar-refractivity contribution in [3.05, 3.63) is 35.5 Å². The van der Waals surface area contributed by atoms with E-state index in [1.165, 1.54) is 16.5 Å². The highest BCUT2D eigenvalue weighted by molar-refractivity contribution is 5.84. The van der Waals surface area contributed by atoms with Gasteiger partial charge in [-0.1, -0.05) is 12.1 Å². The van der Waals surface area contributed by atoms with Crippen molar-refractivity contribution >= 4 is 16.8 Å². The smallest absolute Gasteiger partial charge is 0.249 e. The van der Waals surface area contributed by atoms with Crippen molar-refractivity contribution in [1.29, 1.82) is 0 Å². The molecular formula is C16H20N2O2. The van der Waals surface area contributed by atoms with E-state index in [2.05, 4.69) is 35.4 Å². The minimum absolute atomic E-state index is 0.0261. The summed E-state index contributed by atoms with van der Waals surface area (Å²) in [4.78, 5) is 15.1. The number of amides is 1. The maximum atomic E-state index is 11.8. The Balaban J connectivity index is 1.58. The molecule has 106 valence electrons. The Morgan fingerprint density at radius 3 is 3.20 bits per heavy atom. The number of aryl methyl sites for hydroxylation is 1. The van der Waals surface area contributed by atoms with Gasteiger partial charge in [0.15, 0.2) is 0 Å². The average molecular weight is 272 g/mol. The number of H-pyrrole nitrogens is 1. The summed E-state index contributed by atoms with van der Waals surface area (Å²) in [5.74, 6) is 0.0261. The van der Waals surface area contributed by atoms with Crippen LogP contribution in [0, 0.1) is 6.92 Å². The molecule has 1 aromatic carbocycles. The van der Waals surface area contributed by atoms with Gasteiger partial charge in [0.1, 0.15) is 6.10 Å². The van der Waals surface area contributed by atoms with Crippen LogP contribution in [0.25, 0.3) is 10.9 Å². The summed E-state index contributed by atoms with van der Waals surface area (Å²) in [6.45, 7) is 3.45. The lowest BCUT2D eigenvalue weighted by Gasteiger charge is -2.09. The Hall–Kier alpha value is -1.81. The van der Waals surface area contributed by atoms with Gasteiger partial charge in [-0.25, -0.2) is 0 Å². The van der Waals surface area contributed by atoms with Crippen molar-refractivity contribution < 1.29 is 9.53 Å². The Morgan fingerprint density at radius 2 is 2.40 bits per heavy atom. The van der Waals surface area contributed by atoms with Crippen LogP contribution >= 0.6 is 0 Å². The summed E-state index contributed by atoms with van der Waals surface area (Å²) in [7, 11) is 0. The number of ether oxygens (including phenoxy) is 1. The first kappa shape index (κ1) is 13.2. The molecular weight excluding hydrogens is 252 g/mol. The summed E-state index contributed by atoms with van der Waals surface area (Å²) < 4.78 is 5.37. The van der Waals surface area contributed by atoms with Gasteiger partial charge in [0.25, 0.3) is 0 Å². The molecule has 1 atom stereocenters. The molecule has 1 saturated heterocycles. The molecule has 2 N–H and O–H groups in total. The molecule has 1 fully saturated rings. The van der Waals surface area contributed by atoms with E-state index in [1.807, 2.05) is 6.20 Å². The molecule has 2 aromatic rings. The maximum Gasteiger partial charge on any atom is 0.249 e. The highest BCUT2D eigenvalue weighted by atomic mass is 16.5. The monoisotopic (exact) mass is 272 g/mol. The van der Waals surface area contributed by atoms with Gasteiger partial charge >= 0.3 is 0 Å². The largest absolute Gasteiger partial charge is 0.368 e. The van der Waals surface area contributed by atoms with Crippen molar-refractivity contribution in [2.75, 3.05) is 13.2 Å². The third kappa shape index (κ3) is 2.70. The molecule has 4 nitrogen and oxygen atoms in total. The topological polar surface area (TPSA) is 54.1 Å². The summed E-state index contributed by atoms with van der Waals surface area (Å²) in [5, 5.41) is 4.20. The Kier molecular flexibility index (Phi) is 3.74. The molecule has 4 heteroatoms. The fourth-order valence-electron chi connectivity index (χ4n) is 2.73. The third-order valence-corrected chi connectivity index (χ3v) is 3.84. The first-order valence-electron chi connectivity index (χ1n) is 7.20. The van der Waals surface area contributed by atoms with Gasteiger partial charge < -0.3 is 15.0 Å². The molecule has 1 aliphatic rings. The Labute approximate surface area is 118 Å². The number of rotatable bonds is 4. The van der Waals surface area contributed by atoms with Crippen LogP contribution in [0.4, 0.5) is 0 Å². The van der Waals surface area contributed by atoms with E-state index in [-0.39, 0.29) is 12.0 Å². The molecule has 1 amide bonds. The molecule has 0 saturated carbocycles.